The molecule has 6 nitrogen and oxygen atoms in total. The fourth-order valence-corrected chi connectivity index (χ4v) is 2.43. The molecule has 2 aromatic rings. The number of amides is 1. The third-order valence-electron chi connectivity index (χ3n) is 3.41. The maximum absolute atomic E-state index is 12.7. The number of aromatic nitrogens is 2. The van der Waals surface area contributed by atoms with Crippen molar-refractivity contribution < 1.29 is 14.6 Å². The minimum Gasteiger partial charge on any atom is -0.492 e. The molecule has 0 saturated carbocycles. The molecule has 0 radical (unpaired) electrons. The van der Waals surface area contributed by atoms with Crippen LogP contribution in [0, 0.1) is 0 Å². The molecule has 1 aromatic carbocycles. The maximum Gasteiger partial charge on any atom is 0.254 e. The Morgan fingerprint density at radius 1 is 1.48 bits per heavy atom. The van der Waals surface area contributed by atoms with E-state index < -0.39 is 0 Å². The summed E-state index contributed by atoms with van der Waals surface area (Å²) in [6, 6.07) is 4.94. The van der Waals surface area contributed by atoms with Crippen LogP contribution in [0.2, 0.25) is 5.02 Å². The van der Waals surface area contributed by atoms with Gasteiger partial charge in [-0.1, -0.05) is 11.6 Å². The lowest BCUT2D eigenvalue weighted by Gasteiger charge is -2.22. The van der Waals surface area contributed by atoms with Gasteiger partial charge in [0, 0.05) is 25.4 Å². The van der Waals surface area contributed by atoms with Gasteiger partial charge < -0.3 is 19.3 Å². The molecule has 0 atom stereocenters. The molecule has 0 fully saturated rings. The molecule has 124 valence electrons. The number of carbonyl (C=O) groups excluding carboxylic acids is 1. The second-order valence-electron chi connectivity index (χ2n) is 5.02. The van der Waals surface area contributed by atoms with Gasteiger partial charge in [0.25, 0.3) is 5.91 Å². The van der Waals surface area contributed by atoms with Crippen molar-refractivity contribution in [3.05, 3.63) is 47.0 Å². The van der Waals surface area contributed by atoms with E-state index in [0.717, 1.165) is 5.69 Å². The molecule has 0 bridgehead atoms. The van der Waals surface area contributed by atoms with Crippen LogP contribution in [-0.2, 0) is 13.6 Å². The number of hydrogen-bond donors (Lipinski definition) is 1. The number of imidazole rings is 1. The van der Waals surface area contributed by atoms with Crippen LogP contribution in [0.4, 0.5) is 0 Å². The molecule has 0 spiro atoms. The minimum atomic E-state index is -0.204. The van der Waals surface area contributed by atoms with Gasteiger partial charge in [-0.25, -0.2) is 4.98 Å². The van der Waals surface area contributed by atoms with E-state index in [4.69, 9.17) is 16.3 Å². The zero-order valence-corrected chi connectivity index (χ0v) is 14.0. The molecule has 1 N–H and O–H groups in total. The summed E-state index contributed by atoms with van der Waals surface area (Å²) in [7, 11) is 1.86. The number of ether oxygens (including phenoxy) is 1. The standard InChI is InChI=1S/C16H20ClN3O3/c1-3-23-15-5-4-12(8-14(15)17)16(22)20(6-7-21)10-13-9-18-11-19(13)2/h4-5,8-9,11,21H,3,6-7,10H2,1-2H3. The van der Waals surface area contributed by atoms with E-state index in [1.807, 2.05) is 18.5 Å². The highest BCUT2D eigenvalue weighted by Gasteiger charge is 2.18. The van der Waals surface area contributed by atoms with E-state index >= 15 is 0 Å². The van der Waals surface area contributed by atoms with Crippen molar-refractivity contribution in [3.8, 4) is 5.75 Å². The SMILES string of the molecule is CCOc1ccc(C(=O)N(CCO)Cc2cncn2C)cc1Cl. The lowest BCUT2D eigenvalue weighted by molar-refractivity contribution is 0.0704. The lowest BCUT2D eigenvalue weighted by Crippen LogP contribution is -2.33. The Bertz CT molecular complexity index is 672. The third-order valence-corrected chi connectivity index (χ3v) is 3.70. The van der Waals surface area contributed by atoms with E-state index in [1.54, 1.807) is 35.6 Å². The number of nitrogens with zero attached hydrogens (tertiary/aromatic N) is 3. The van der Waals surface area contributed by atoms with Crippen LogP contribution in [0.15, 0.2) is 30.7 Å². The number of hydrogen-bond acceptors (Lipinski definition) is 4. The Morgan fingerprint density at radius 3 is 2.83 bits per heavy atom. The molecular weight excluding hydrogens is 318 g/mol. The van der Waals surface area contributed by atoms with Crippen LogP contribution in [0.25, 0.3) is 0 Å². The molecule has 2 rings (SSSR count). The second-order valence-corrected chi connectivity index (χ2v) is 5.43. The topological polar surface area (TPSA) is 67.6 Å². The number of aliphatic hydroxyl groups excluding tert-OH is 1. The predicted octanol–water partition coefficient (Wildman–Crippen LogP) is 2.11. The van der Waals surface area contributed by atoms with Crippen molar-refractivity contribution in [2.24, 2.45) is 7.05 Å². The van der Waals surface area contributed by atoms with Crippen molar-refractivity contribution >= 4 is 17.5 Å². The Hall–Kier alpha value is -2.05. The second kappa shape index (κ2) is 7.99. The smallest absolute Gasteiger partial charge is 0.254 e. The first-order valence-corrected chi connectivity index (χ1v) is 7.72. The fourth-order valence-electron chi connectivity index (χ4n) is 2.19. The Morgan fingerprint density at radius 2 is 2.26 bits per heavy atom. The quantitative estimate of drug-likeness (QED) is 0.840. The van der Waals surface area contributed by atoms with Crippen LogP contribution in [-0.4, -0.2) is 45.2 Å². The largest absolute Gasteiger partial charge is 0.492 e. The van der Waals surface area contributed by atoms with Gasteiger partial charge in [0.15, 0.2) is 0 Å². The molecule has 7 heteroatoms. The molecule has 0 unspecified atom stereocenters. The highest BCUT2D eigenvalue weighted by molar-refractivity contribution is 6.32. The summed E-state index contributed by atoms with van der Waals surface area (Å²) >= 11 is 6.14. The molecule has 23 heavy (non-hydrogen) atoms. The zero-order valence-electron chi connectivity index (χ0n) is 13.2. The molecule has 1 heterocycles. The van der Waals surface area contributed by atoms with Crippen LogP contribution in [0.3, 0.4) is 0 Å². The molecule has 0 aliphatic heterocycles. The van der Waals surface area contributed by atoms with E-state index in [2.05, 4.69) is 4.98 Å². The van der Waals surface area contributed by atoms with E-state index in [-0.39, 0.29) is 19.1 Å². The Kier molecular flexibility index (Phi) is 6.01. The Balaban J connectivity index is 2.20. The van der Waals surface area contributed by atoms with Gasteiger partial charge in [-0.3, -0.25) is 4.79 Å². The van der Waals surface area contributed by atoms with Crippen molar-refractivity contribution in [1.82, 2.24) is 14.5 Å². The van der Waals surface area contributed by atoms with Gasteiger partial charge >= 0.3 is 0 Å². The highest BCUT2D eigenvalue weighted by atomic mass is 35.5. The van der Waals surface area contributed by atoms with Gasteiger partial charge in [-0.2, -0.15) is 0 Å². The van der Waals surface area contributed by atoms with Gasteiger partial charge in [0.05, 0.1) is 36.8 Å². The number of halogens is 1. The van der Waals surface area contributed by atoms with Crippen molar-refractivity contribution in [2.45, 2.75) is 13.5 Å². The van der Waals surface area contributed by atoms with E-state index in [9.17, 15) is 9.90 Å². The minimum absolute atomic E-state index is 0.117. The highest BCUT2D eigenvalue weighted by Crippen LogP contribution is 2.26. The van der Waals surface area contributed by atoms with Gasteiger partial charge in [-0.15, -0.1) is 0 Å². The number of carbonyl (C=O) groups is 1. The number of aryl methyl sites for hydroxylation is 1. The van der Waals surface area contributed by atoms with Crippen molar-refractivity contribution in [1.29, 1.82) is 0 Å². The number of benzene rings is 1. The normalized spacial score (nSPS) is 10.6. The summed E-state index contributed by atoms with van der Waals surface area (Å²) in [5, 5.41) is 9.63. The lowest BCUT2D eigenvalue weighted by atomic mass is 10.2. The third kappa shape index (κ3) is 4.24. The average molecular weight is 338 g/mol. The molecule has 0 aliphatic carbocycles. The van der Waals surface area contributed by atoms with Gasteiger partial charge in [0.2, 0.25) is 0 Å². The van der Waals surface area contributed by atoms with Crippen LogP contribution >= 0.6 is 11.6 Å². The summed E-state index contributed by atoms with van der Waals surface area (Å²) in [5.74, 6) is 0.344. The van der Waals surface area contributed by atoms with E-state index in [0.29, 0.717) is 29.5 Å². The first kappa shape index (κ1) is 17.3. The first-order valence-electron chi connectivity index (χ1n) is 7.34. The van der Waals surface area contributed by atoms with Gasteiger partial charge in [-0.05, 0) is 25.1 Å². The summed E-state index contributed by atoms with van der Waals surface area (Å²) in [5.41, 5.74) is 1.33. The number of rotatable bonds is 7. The molecule has 1 amide bonds. The number of aliphatic hydroxyl groups is 1. The molecule has 0 saturated heterocycles. The predicted molar refractivity (Wildman–Crippen MR) is 87.7 cm³/mol. The zero-order chi connectivity index (χ0) is 16.8. The first-order chi connectivity index (χ1) is 11.1. The van der Waals surface area contributed by atoms with Gasteiger partial charge in [0.1, 0.15) is 5.75 Å². The summed E-state index contributed by atoms with van der Waals surface area (Å²) in [6.07, 6.45) is 3.37. The average Bonchev–Trinajstić information content (AvgIpc) is 2.93. The van der Waals surface area contributed by atoms with Crippen molar-refractivity contribution in [3.63, 3.8) is 0 Å². The summed E-state index contributed by atoms with van der Waals surface area (Å²) in [6.45, 7) is 2.85. The summed E-state index contributed by atoms with van der Waals surface area (Å²) in [4.78, 5) is 18.3. The molecule has 0 aliphatic rings. The molecule has 1 aromatic heterocycles. The van der Waals surface area contributed by atoms with Crippen molar-refractivity contribution in [2.75, 3.05) is 19.8 Å². The monoisotopic (exact) mass is 337 g/mol. The molecular formula is C16H20ClN3O3. The van der Waals surface area contributed by atoms with E-state index in [1.165, 1.54) is 0 Å². The fraction of sp³-hybridized carbons (Fsp3) is 0.375. The summed E-state index contributed by atoms with van der Waals surface area (Å²) < 4.78 is 7.21. The Labute approximate surface area is 140 Å². The van der Waals surface area contributed by atoms with Crippen LogP contribution < -0.4 is 4.74 Å². The maximum atomic E-state index is 12.7. The van der Waals surface area contributed by atoms with Crippen LogP contribution in [0.1, 0.15) is 23.0 Å². The van der Waals surface area contributed by atoms with Crippen LogP contribution in [0.5, 0.6) is 5.75 Å².